The maximum Gasteiger partial charge on any atom is 0.223 e. The number of benzene rings is 1. The Kier molecular flexibility index (Phi) is 9.15. The molecule has 0 unspecified atom stereocenters. The van der Waals surface area contributed by atoms with Crippen LogP contribution in [0.4, 0.5) is 0 Å². The number of amides is 1. The van der Waals surface area contributed by atoms with Crippen molar-refractivity contribution >= 4 is 24.1 Å². The van der Waals surface area contributed by atoms with Crippen LogP contribution in [0, 0.1) is 5.92 Å². The first-order chi connectivity index (χ1) is 11.5. The van der Waals surface area contributed by atoms with Gasteiger partial charge >= 0.3 is 0 Å². The number of ketones is 1. The van der Waals surface area contributed by atoms with Crippen LogP contribution in [0.3, 0.4) is 0 Å². The van der Waals surface area contributed by atoms with Gasteiger partial charge in [-0.15, -0.1) is 12.4 Å². The van der Waals surface area contributed by atoms with Crippen molar-refractivity contribution in [3.05, 3.63) is 35.4 Å². The number of halogens is 1. The van der Waals surface area contributed by atoms with Crippen LogP contribution in [-0.2, 0) is 11.2 Å². The molecular weight excluding hydrogens is 336 g/mol. The normalized spacial score (nSPS) is 14.9. The average molecular weight is 367 g/mol. The molecule has 0 aromatic heterocycles. The zero-order chi connectivity index (χ0) is 17.5. The fourth-order valence-electron chi connectivity index (χ4n) is 3.24. The highest BCUT2D eigenvalue weighted by Crippen LogP contribution is 2.14. The van der Waals surface area contributed by atoms with Gasteiger partial charge in [0.05, 0.1) is 0 Å². The Morgan fingerprint density at radius 3 is 2.28 bits per heavy atom. The van der Waals surface area contributed by atoms with Crippen LogP contribution < -0.4 is 5.32 Å². The summed E-state index contributed by atoms with van der Waals surface area (Å²) in [5, 5.41) is 3.30. The first kappa shape index (κ1) is 21.7. The number of carbonyl (C=O) groups is 2. The molecule has 1 aromatic rings. The van der Waals surface area contributed by atoms with Crippen LogP contribution in [0.15, 0.2) is 24.3 Å². The van der Waals surface area contributed by atoms with Crippen molar-refractivity contribution in [3.63, 3.8) is 0 Å². The fraction of sp³-hybridized carbons (Fsp3) is 0.600. The number of nitrogens with one attached hydrogen (secondary N) is 1. The molecular formula is C20H31ClN2O2. The molecule has 140 valence electrons. The van der Waals surface area contributed by atoms with Crippen LogP contribution in [0.1, 0.15) is 55.5 Å². The molecule has 1 aromatic carbocycles. The summed E-state index contributed by atoms with van der Waals surface area (Å²) in [6.45, 7) is 6.29. The van der Waals surface area contributed by atoms with Crippen molar-refractivity contribution in [2.24, 2.45) is 5.92 Å². The standard InChI is InChI=1S/C20H30N2O2.ClH/c1-15(2)14-16-4-6-17(7-5-16)19(23)8-9-20(24)22(3)18-10-12-21-13-11-18;/h4-7,15,18,21H,8-14H2,1-3H3;1H. The lowest BCUT2D eigenvalue weighted by Gasteiger charge is -2.31. The lowest BCUT2D eigenvalue weighted by molar-refractivity contribution is -0.132. The molecule has 1 aliphatic rings. The van der Waals surface area contributed by atoms with E-state index < -0.39 is 0 Å². The van der Waals surface area contributed by atoms with E-state index in [1.165, 1.54) is 5.56 Å². The third-order valence-corrected chi connectivity index (χ3v) is 4.74. The number of nitrogens with zero attached hydrogens (tertiary/aromatic N) is 1. The van der Waals surface area contributed by atoms with Gasteiger partial charge < -0.3 is 10.2 Å². The van der Waals surface area contributed by atoms with Gasteiger partial charge in [-0.05, 0) is 43.8 Å². The summed E-state index contributed by atoms with van der Waals surface area (Å²) in [6, 6.07) is 8.14. The van der Waals surface area contributed by atoms with Gasteiger partial charge in [0.1, 0.15) is 0 Å². The minimum atomic E-state index is 0. The average Bonchev–Trinajstić information content (AvgIpc) is 2.59. The number of Topliss-reactive ketones (excluding diaryl/α,β-unsaturated/α-hetero) is 1. The Hall–Kier alpha value is -1.39. The highest BCUT2D eigenvalue weighted by atomic mass is 35.5. The Bertz CT molecular complexity index is 551. The molecule has 0 aliphatic carbocycles. The van der Waals surface area contributed by atoms with E-state index in [4.69, 9.17) is 0 Å². The largest absolute Gasteiger partial charge is 0.343 e. The topological polar surface area (TPSA) is 49.4 Å². The van der Waals surface area contributed by atoms with Gasteiger partial charge in [-0.25, -0.2) is 0 Å². The van der Waals surface area contributed by atoms with Crippen LogP contribution in [0.5, 0.6) is 0 Å². The van der Waals surface area contributed by atoms with E-state index in [0.717, 1.165) is 32.4 Å². The summed E-state index contributed by atoms with van der Waals surface area (Å²) in [5.74, 6) is 0.736. The quantitative estimate of drug-likeness (QED) is 0.751. The molecule has 1 saturated heterocycles. The van der Waals surface area contributed by atoms with Gasteiger partial charge in [0.2, 0.25) is 5.91 Å². The molecule has 0 atom stereocenters. The molecule has 2 rings (SSSR count). The van der Waals surface area contributed by atoms with E-state index in [9.17, 15) is 9.59 Å². The number of hydrogen-bond donors (Lipinski definition) is 1. The van der Waals surface area contributed by atoms with Crippen molar-refractivity contribution in [1.82, 2.24) is 10.2 Å². The van der Waals surface area contributed by atoms with Gasteiger partial charge in [-0.3, -0.25) is 9.59 Å². The highest BCUT2D eigenvalue weighted by Gasteiger charge is 2.22. The Labute approximate surface area is 157 Å². The molecule has 4 nitrogen and oxygen atoms in total. The van der Waals surface area contributed by atoms with Gasteiger partial charge in [0, 0.05) is 31.5 Å². The van der Waals surface area contributed by atoms with Crippen molar-refractivity contribution in [2.75, 3.05) is 20.1 Å². The van der Waals surface area contributed by atoms with E-state index in [-0.39, 0.29) is 30.5 Å². The van der Waals surface area contributed by atoms with E-state index in [0.29, 0.717) is 23.9 Å². The summed E-state index contributed by atoms with van der Waals surface area (Å²) < 4.78 is 0. The van der Waals surface area contributed by atoms with Gasteiger partial charge in [0.15, 0.2) is 5.78 Å². The van der Waals surface area contributed by atoms with Crippen molar-refractivity contribution in [2.45, 2.75) is 52.0 Å². The Balaban J connectivity index is 0.00000312. The number of rotatable bonds is 7. The lowest BCUT2D eigenvalue weighted by atomic mass is 9.99. The van der Waals surface area contributed by atoms with Crippen molar-refractivity contribution < 1.29 is 9.59 Å². The van der Waals surface area contributed by atoms with Crippen molar-refractivity contribution in [1.29, 1.82) is 0 Å². The summed E-state index contributed by atoms with van der Waals surface area (Å²) in [5.41, 5.74) is 1.96. The Morgan fingerprint density at radius 2 is 1.72 bits per heavy atom. The molecule has 1 heterocycles. The second-order valence-electron chi connectivity index (χ2n) is 7.20. The summed E-state index contributed by atoms with van der Waals surface area (Å²) in [7, 11) is 1.86. The smallest absolute Gasteiger partial charge is 0.223 e. The third-order valence-electron chi connectivity index (χ3n) is 4.74. The first-order valence-electron chi connectivity index (χ1n) is 9.06. The van der Waals surface area contributed by atoms with Crippen LogP contribution >= 0.6 is 12.4 Å². The zero-order valence-electron chi connectivity index (χ0n) is 15.6. The molecule has 5 heteroatoms. The first-order valence-corrected chi connectivity index (χ1v) is 9.06. The second-order valence-corrected chi connectivity index (χ2v) is 7.20. The van der Waals surface area contributed by atoms with E-state index in [2.05, 4.69) is 19.2 Å². The molecule has 0 radical (unpaired) electrons. The van der Waals surface area contributed by atoms with Crippen LogP contribution in [-0.4, -0.2) is 42.8 Å². The highest BCUT2D eigenvalue weighted by molar-refractivity contribution is 5.98. The van der Waals surface area contributed by atoms with Gasteiger partial charge in [0.25, 0.3) is 0 Å². The third kappa shape index (κ3) is 6.79. The molecule has 25 heavy (non-hydrogen) atoms. The predicted octanol–water partition coefficient (Wildman–Crippen LogP) is 3.48. The molecule has 0 spiro atoms. The van der Waals surface area contributed by atoms with Crippen LogP contribution in [0.2, 0.25) is 0 Å². The predicted molar refractivity (Wildman–Crippen MR) is 104 cm³/mol. The summed E-state index contributed by atoms with van der Waals surface area (Å²) in [6.07, 6.45) is 3.60. The van der Waals surface area contributed by atoms with Crippen molar-refractivity contribution in [3.8, 4) is 0 Å². The minimum absolute atomic E-state index is 0. The zero-order valence-corrected chi connectivity index (χ0v) is 16.4. The number of carbonyl (C=O) groups excluding carboxylic acids is 2. The summed E-state index contributed by atoms with van der Waals surface area (Å²) >= 11 is 0. The number of hydrogen-bond acceptors (Lipinski definition) is 3. The van der Waals surface area contributed by atoms with E-state index in [1.807, 2.05) is 36.2 Å². The maximum atomic E-state index is 12.3. The van der Waals surface area contributed by atoms with E-state index in [1.54, 1.807) is 0 Å². The van der Waals surface area contributed by atoms with Gasteiger partial charge in [-0.2, -0.15) is 0 Å². The lowest BCUT2D eigenvalue weighted by Crippen LogP contribution is -2.44. The molecule has 1 fully saturated rings. The molecule has 1 amide bonds. The molecule has 0 bridgehead atoms. The summed E-state index contributed by atoms with van der Waals surface area (Å²) in [4.78, 5) is 26.4. The minimum Gasteiger partial charge on any atom is -0.343 e. The van der Waals surface area contributed by atoms with E-state index >= 15 is 0 Å². The second kappa shape index (κ2) is 10.6. The Morgan fingerprint density at radius 1 is 1.12 bits per heavy atom. The van der Waals surface area contributed by atoms with Crippen LogP contribution in [0.25, 0.3) is 0 Å². The number of piperidine rings is 1. The maximum absolute atomic E-state index is 12.3. The molecule has 0 saturated carbocycles. The monoisotopic (exact) mass is 366 g/mol. The van der Waals surface area contributed by atoms with Gasteiger partial charge in [-0.1, -0.05) is 38.1 Å². The fourth-order valence-corrected chi connectivity index (χ4v) is 3.24. The SMILES string of the molecule is CC(C)Cc1ccc(C(=O)CCC(=O)N(C)C2CCNCC2)cc1.Cl. The molecule has 1 N–H and O–H groups in total. The molecule has 1 aliphatic heterocycles.